The molecule has 0 saturated heterocycles. The normalized spacial score (nSPS) is 13.1. The fraction of sp³-hybridized carbons (Fsp3) is 0.318. The van der Waals surface area contributed by atoms with Crippen LogP contribution < -0.4 is 5.19 Å². The van der Waals surface area contributed by atoms with E-state index in [1.807, 2.05) is 81.6 Å². The van der Waals surface area contributed by atoms with E-state index in [1.54, 1.807) is 0 Å². The fourth-order valence-corrected chi connectivity index (χ4v) is 7.63. The average Bonchev–Trinajstić information content (AvgIpc) is 3.65. The molecule has 0 unspecified atom stereocenters. The third-order valence-corrected chi connectivity index (χ3v) is 10.7. The number of pyridine rings is 1. The van der Waals surface area contributed by atoms with Crippen molar-refractivity contribution in [1.82, 2.24) is 14.5 Å². The molecule has 3 heterocycles. The van der Waals surface area contributed by atoms with Crippen LogP contribution in [0.2, 0.25) is 19.6 Å². The minimum Gasteiger partial charge on any atom is -0.501 e. The first-order valence-corrected chi connectivity index (χ1v) is 20.7. The number of nitrogens with zero attached hydrogens (tertiary/aromatic N) is 3. The summed E-state index contributed by atoms with van der Waals surface area (Å²) in [6.45, 7) is 22.2. The molecule has 1 radical (unpaired) electrons. The van der Waals surface area contributed by atoms with Crippen LogP contribution >= 0.6 is 0 Å². The van der Waals surface area contributed by atoms with Crippen LogP contribution in [0.5, 0.6) is 0 Å². The number of hydrogen-bond donors (Lipinski definition) is 0. The van der Waals surface area contributed by atoms with E-state index in [-0.39, 0.29) is 25.5 Å². The van der Waals surface area contributed by atoms with Gasteiger partial charge in [-0.2, -0.15) is 0 Å². The van der Waals surface area contributed by atoms with Crippen molar-refractivity contribution >= 4 is 46.2 Å². The summed E-state index contributed by atoms with van der Waals surface area (Å²) in [6, 6.07) is 35.1. The number of aromatic nitrogens is 3. The molecular formula is C44H49IrN3OSi-2. The Morgan fingerprint density at radius 3 is 2.26 bits per heavy atom. The van der Waals surface area contributed by atoms with Gasteiger partial charge in [-0.3, -0.25) is 4.98 Å². The van der Waals surface area contributed by atoms with Gasteiger partial charge in [-0.05, 0) is 53.2 Å². The van der Waals surface area contributed by atoms with Crippen LogP contribution in [-0.2, 0) is 38.4 Å². The van der Waals surface area contributed by atoms with Crippen LogP contribution in [0.25, 0.3) is 55.6 Å². The molecule has 0 fully saturated rings. The minimum absolute atomic E-state index is 0. The molecule has 4 nitrogen and oxygen atoms in total. The molecule has 0 N–H and O–H groups in total. The Balaban J connectivity index is 0.000000198. The van der Waals surface area contributed by atoms with Crippen molar-refractivity contribution in [1.29, 1.82) is 0 Å². The van der Waals surface area contributed by atoms with Gasteiger partial charge >= 0.3 is 0 Å². The maximum atomic E-state index is 8.89. The second kappa shape index (κ2) is 14.4. The first-order valence-electron chi connectivity index (χ1n) is 18.2. The molecule has 0 atom stereocenters. The Kier molecular flexibility index (Phi) is 9.98. The van der Waals surface area contributed by atoms with Gasteiger partial charge in [0, 0.05) is 41.0 Å². The van der Waals surface area contributed by atoms with Crippen molar-refractivity contribution in [2.75, 3.05) is 0 Å². The van der Waals surface area contributed by atoms with E-state index in [2.05, 4.69) is 94.4 Å². The largest absolute Gasteiger partial charge is 0.501 e. The van der Waals surface area contributed by atoms with Crippen LogP contribution in [0.3, 0.4) is 0 Å². The van der Waals surface area contributed by atoms with Gasteiger partial charge in [-0.25, -0.2) is 0 Å². The third kappa shape index (κ3) is 7.88. The summed E-state index contributed by atoms with van der Waals surface area (Å²) in [5.74, 6) is 0.906. The van der Waals surface area contributed by atoms with Crippen LogP contribution in [0, 0.1) is 17.5 Å². The standard InChI is InChI=1S/C23H34NSi.C21H15N2O.Ir/c1-22(2,3)15-18-14-20(24-16-21(18)25(7,8)9)17-11-10-12-19(13-17)23(4,5)6;1-2-23-18-12-5-4-11-17(18)22-21(23)16-10-7-9-15-14-8-3-6-13-19(14)24-20(15)16;/h10,12-14,16H,15H2,1-9H3;3-9,11-13H,2H2,1H3;/q2*-1;/i15D2;;. The smallest absolute Gasteiger partial charge is 0.120 e. The maximum Gasteiger partial charge on any atom is 0.120 e. The minimum atomic E-state index is -1.74. The molecule has 0 aliphatic heterocycles. The molecule has 7 aromatic rings. The summed E-state index contributed by atoms with van der Waals surface area (Å²) < 4.78 is 26.1. The van der Waals surface area contributed by atoms with Gasteiger partial charge in [0.1, 0.15) is 5.58 Å². The molecule has 4 aromatic carbocycles. The molecule has 0 bridgehead atoms. The second-order valence-corrected chi connectivity index (χ2v) is 20.9. The van der Waals surface area contributed by atoms with Crippen LogP contribution in [0.4, 0.5) is 0 Å². The molecule has 261 valence electrons. The average molecular weight is 858 g/mol. The van der Waals surface area contributed by atoms with Crippen molar-refractivity contribution in [2.24, 2.45) is 5.41 Å². The summed E-state index contributed by atoms with van der Waals surface area (Å²) in [7, 11) is -1.74. The summed E-state index contributed by atoms with van der Waals surface area (Å²) in [5.41, 5.74) is 8.08. The van der Waals surface area contributed by atoms with Crippen LogP contribution in [0.1, 0.15) is 62.3 Å². The number of aryl methyl sites for hydroxylation is 1. The van der Waals surface area contributed by atoms with Crippen molar-refractivity contribution < 1.29 is 27.3 Å². The molecule has 7 rings (SSSR count). The number of rotatable bonds is 5. The summed E-state index contributed by atoms with van der Waals surface area (Å²) in [6.07, 6.45) is 0.472. The van der Waals surface area contributed by atoms with Crippen molar-refractivity contribution in [3.05, 3.63) is 114 Å². The number of para-hydroxylation sites is 3. The molecule has 0 amide bonds. The molecular weight excluding hydrogens is 807 g/mol. The Bertz CT molecular complexity index is 2360. The van der Waals surface area contributed by atoms with Gasteiger partial charge in [0.15, 0.2) is 0 Å². The van der Waals surface area contributed by atoms with Gasteiger partial charge in [-0.15, -0.1) is 53.6 Å². The van der Waals surface area contributed by atoms with E-state index in [9.17, 15) is 0 Å². The third-order valence-electron chi connectivity index (χ3n) is 8.70. The quantitative estimate of drug-likeness (QED) is 0.128. The van der Waals surface area contributed by atoms with Crippen LogP contribution in [-0.4, -0.2) is 22.6 Å². The number of hydrogen-bond acceptors (Lipinski definition) is 3. The summed E-state index contributed by atoms with van der Waals surface area (Å²) in [5, 5.41) is 3.33. The first-order chi connectivity index (χ1) is 23.9. The number of fused-ring (bicyclic) bond motifs is 4. The zero-order valence-corrected chi connectivity index (χ0v) is 34.3. The Hall–Kier alpha value is -3.83. The van der Waals surface area contributed by atoms with Gasteiger partial charge in [0.2, 0.25) is 0 Å². The number of imidazole rings is 1. The predicted octanol–water partition coefficient (Wildman–Crippen LogP) is 11.4. The Morgan fingerprint density at radius 2 is 1.56 bits per heavy atom. The fourth-order valence-electron chi connectivity index (χ4n) is 6.23. The van der Waals surface area contributed by atoms with E-state index < -0.39 is 19.9 Å². The van der Waals surface area contributed by atoms with E-state index in [1.165, 1.54) is 5.56 Å². The second-order valence-electron chi connectivity index (χ2n) is 15.8. The van der Waals surface area contributed by atoms with Crippen molar-refractivity contribution in [3.63, 3.8) is 0 Å². The van der Waals surface area contributed by atoms with Crippen molar-refractivity contribution in [3.8, 4) is 22.6 Å². The van der Waals surface area contributed by atoms with Gasteiger partial charge < -0.3 is 14.0 Å². The van der Waals surface area contributed by atoms with E-state index >= 15 is 0 Å². The topological polar surface area (TPSA) is 43.9 Å². The molecule has 6 heteroatoms. The molecule has 0 spiro atoms. The van der Waals surface area contributed by atoms with Crippen LogP contribution in [0.15, 0.2) is 95.5 Å². The number of benzene rings is 4. The molecule has 0 aliphatic rings. The zero-order valence-electron chi connectivity index (χ0n) is 33.0. The summed E-state index contributed by atoms with van der Waals surface area (Å²) in [4.78, 5) is 9.58. The Morgan fingerprint density at radius 1 is 0.860 bits per heavy atom. The Labute approximate surface area is 315 Å². The monoisotopic (exact) mass is 858 g/mol. The molecule has 3 aromatic heterocycles. The van der Waals surface area contributed by atoms with E-state index in [0.717, 1.165) is 72.9 Å². The zero-order chi connectivity index (χ0) is 36.9. The predicted molar refractivity (Wildman–Crippen MR) is 210 cm³/mol. The molecule has 50 heavy (non-hydrogen) atoms. The first kappa shape index (κ1) is 34.6. The molecule has 0 saturated carbocycles. The summed E-state index contributed by atoms with van der Waals surface area (Å²) >= 11 is 0. The SMILES string of the molecule is CCn1c(-c2[c-]ccc3c2oc2ccccc23)nc2ccccc21.[2H]C([2H])(c1cc(-c2[c-]ccc(C(C)(C)C)c2)ncc1[Si](C)(C)C)C(C)(C)C.[Ir]. The van der Waals surface area contributed by atoms with Gasteiger partial charge in [-0.1, -0.05) is 114 Å². The number of furan rings is 1. The van der Waals surface area contributed by atoms with Gasteiger partial charge in [0.25, 0.3) is 0 Å². The van der Waals surface area contributed by atoms with Gasteiger partial charge in [0.05, 0.1) is 30.5 Å². The van der Waals surface area contributed by atoms with E-state index in [0.29, 0.717) is 0 Å². The molecule has 0 aliphatic carbocycles. The van der Waals surface area contributed by atoms with E-state index in [4.69, 9.17) is 17.1 Å². The van der Waals surface area contributed by atoms with Crippen molar-refractivity contribution in [2.45, 2.75) is 86.4 Å². The maximum absolute atomic E-state index is 8.89.